The average Bonchev–Trinajstić information content (AvgIpc) is 2.17. The van der Waals surface area contributed by atoms with Gasteiger partial charge in [0.25, 0.3) is 0 Å². The second-order valence-electron chi connectivity index (χ2n) is 3.67. The van der Waals surface area contributed by atoms with Gasteiger partial charge in [-0.3, -0.25) is 0 Å². The van der Waals surface area contributed by atoms with Crippen molar-refractivity contribution in [2.24, 2.45) is 0 Å². The molecule has 0 aliphatic rings. The molecule has 0 radical (unpaired) electrons. The van der Waals surface area contributed by atoms with Gasteiger partial charge in [0, 0.05) is 0 Å². The normalized spacial score (nSPS) is 12.0. The monoisotopic (exact) mass is 464 g/mol. The van der Waals surface area contributed by atoms with Crippen molar-refractivity contribution in [3.63, 3.8) is 0 Å². The Morgan fingerprint density at radius 3 is 2.25 bits per heavy atom. The van der Waals surface area contributed by atoms with E-state index in [0.717, 1.165) is 18.4 Å². The van der Waals surface area contributed by atoms with Gasteiger partial charge in [-0.25, -0.2) is 8.42 Å². The molecule has 16 heavy (non-hydrogen) atoms. The van der Waals surface area contributed by atoms with Gasteiger partial charge in [0.15, 0.2) is 9.84 Å². The van der Waals surface area contributed by atoms with Crippen LogP contribution < -0.4 is 0 Å². The van der Waals surface area contributed by atoms with Crippen molar-refractivity contribution in [2.75, 3.05) is 5.75 Å². The zero-order valence-electron chi connectivity index (χ0n) is 8.99. The van der Waals surface area contributed by atoms with Crippen LogP contribution in [0.4, 0.5) is 0 Å². The van der Waals surface area contributed by atoms with Crippen LogP contribution in [0.2, 0.25) is 0 Å². The minimum Gasteiger partial charge on any atom is -0.224 e. The molecule has 0 N–H and O–H groups in total. The lowest BCUT2D eigenvalue weighted by molar-refractivity contribution is 0.593. The van der Waals surface area contributed by atoms with Crippen LogP contribution in [-0.4, -0.2) is 16.1 Å². The van der Waals surface area contributed by atoms with Crippen molar-refractivity contribution in [1.29, 1.82) is 0 Å². The number of rotatable bonds is 5. The molecule has 0 bridgehead atoms. The van der Waals surface area contributed by atoms with E-state index in [2.05, 4.69) is 45.2 Å². The van der Waals surface area contributed by atoms with E-state index in [9.17, 15) is 8.42 Å². The van der Waals surface area contributed by atoms with Crippen LogP contribution >= 0.6 is 45.2 Å². The molecule has 2 nitrogen and oxygen atoms in total. The van der Waals surface area contributed by atoms with Crippen molar-refractivity contribution in [3.05, 3.63) is 29.8 Å². The van der Waals surface area contributed by atoms with E-state index >= 15 is 0 Å². The van der Waals surface area contributed by atoms with Crippen LogP contribution in [0.3, 0.4) is 0 Å². The Morgan fingerprint density at radius 2 is 1.75 bits per heavy atom. The third kappa shape index (κ3) is 4.87. The summed E-state index contributed by atoms with van der Waals surface area (Å²) in [7, 11) is -3.08. The van der Waals surface area contributed by atoms with Gasteiger partial charge < -0.3 is 0 Å². The van der Waals surface area contributed by atoms with Gasteiger partial charge in [-0.05, 0) is 31.9 Å². The minimum absolute atomic E-state index is 0.249. The van der Waals surface area contributed by atoms with E-state index in [1.807, 2.05) is 19.1 Å². The van der Waals surface area contributed by atoms with Gasteiger partial charge in [0.1, 0.15) is 0 Å². The molecule has 0 spiro atoms. The predicted molar refractivity (Wildman–Crippen MR) is 84.3 cm³/mol. The fourth-order valence-corrected chi connectivity index (χ4v) is 3.51. The molecule has 0 aliphatic heterocycles. The van der Waals surface area contributed by atoms with E-state index in [4.69, 9.17) is 0 Å². The highest BCUT2D eigenvalue weighted by Crippen LogP contribution is 2.19. The van der Waals surface area contributed by atoms with Crippen LogP contribution in [0.25, 0.3) is 0 Å². The summed E-state index contributed by atoms with van der Waals surface area (Å²) >= 11 is 4.61. The Labute approximate surface area is 124 Å². The first-order valence-electron chi connectivity index (χ1n) is 4.99. The first kappa shape index (κ1) is 14.7. The lowest BCUT2D eigenvalue weighted by Gasteiger charge is -2.05. The van der Waals surface area contributed by atoms with Crippen molar-refractivity contribution >= 4 is 55.0 Å². The van der Waals surface area contributed by atoms with Gasteiger partial charge in [-0.1, -0.05) is 62.9 Å². The molecule has 1 aromatic carbocycles. The number of hydrogen-bond donors (Lipinski definition) is 0. The van der Waals surface area contributed by atoms with E-state index in [1.54, 1.807) is 12.1 Å². The number of aryl methyl sites for hydroxylation is 1. The van der Waals surface area contributed by atoms with Crippen LogP contribution in [0, 0.1) is 6.92 Å². The molecule has 0 aliphatic carbocycles. The standard InChI is InChI=1S/C11H14I2O2S/c1-9-4-6-10(7-5-9)16(14,15)8-2-3-11(12)13/h4-7,11H,2-3,8H2,1H3. The molecule has 0 saturated carbocycles. The van der Waals surface area contributed by atoms with Gasteiger partial charge in [-0.15, -0.1) is 0 Å². The van der Waals surface area contributed by atoms with E-state index in [1.165, 1.54) is 0 Å². The molecule has 0 amide bonds. The highest BCUT2D eigenvalue weighted by atomic mass is 127. The first-order valence-corrected chi connectivity index (χ1v) is 9.14. The summed E-state index contributed by atoms with van der Waals surface area (Å²) in [6.45, 7) is 1.95. The number of alkyl halides is 2. The molecular weight excluding hydrogens is 450 g/mol. The summed E-state index contributed by atoms with van der Waals surface area (Å²) in [5.41, 5.74) is 1.08. The highest BCUT2D eigenvalue weighted by Gasteiger charge is 2.14. The third-order valence-electron chi connectivity index (χ3n) is 2.22. The number of halogens is 2. The largest absolute Gasteiger partial charge is 0.224 e. The molecule has 0 atom stereocenters. The maximum atomic E-state index is 11.9. The topological polar surface area (TPSA) is 34.1 Å². The van der Waals surface area contributed by atoms with E-state index in [-0.39, 0.29) is 5.75 Å². The Hall–Kier alpha value is 0.630. The van der Waals surface area contributed by atoms with Crippen molar-refractivity contribution in [2.45, 2.75) is 26.6 Å². The summed E-state index contributed by atoms with van der Waals surface area (Å²) in [4.78, 5) is 0.441. The Balaban J connectivity index is 2.67. The lowest BCUT2D eigenvalue weighted by atomic mass is 10.2. The lowest BCUT2D eigenvalue weighted by Crippen LogP contribution is -2.07. The molecule has 0 aromatic heterocycles. The molecule has 0 heterocycles. The highest BCUT2D eigenvalue weighted by molar-refractivity contribution is 14.2. The Morgan fingerprint density at radius 1 is 1.19 bits per heavy atom. The van der Waals surface area contributed by atoms with Crippen LogP contribution in [-0.2, 0) is 9.84 Å². The second-order valence-corrected chi connectivity index (χ2v) is 11.2. The van der Waals surface area contributed by atoms with Crippen molar-refractivity contribution in [3.8, 4) is 0 Å². The van der Waals surface area contributed by atoms with E-state index < -0.39 is 9.84 Å². The third-order valence-corrected chi connectivity index (χ3v) is 5.28. The smallest absolute Gasteiger partial charge is 0.178 e. The summed E-state index contributed by atoms with van der Waals surface area (Å²) in [6, 6.07) is 7.06. The van der Waals surface area contributed by atoms with Crippen LogP contribution in [0.5, 0.6) is 0 Å². The van der Waals surface area contributed by atoms with Crippen molar-refractivity contribution in [1.82, 2.24) is 0 Å². The molecule has 5 heteroatoms. The Bertz CT molecular complexity index is 424. The summed E-state index contributed by atoms with van der Waals surface area (Å²) in [5.74, 6) is 0.249. The van der Waals surface area contributed by atoms with Gasteiger partial charge in [-0.2, -0.15) is 0 Å². The zero-order chi connectivity index (χ0) is 12.2. The molecule has 1 aromatic rings. The predicted octanol–water partition coefficient (Wildman–Crippen LogP) is 3.75. The summed E-state index contributed by atoms with van der Waals surface area (Å²) in [6.07, 6.45) is 1.67. The van der Waals surface area contributed by atoms with Crippen molar-refractivity contribution < 1.29 is 8.42 Å². The summed E-state index contributed by atoms with van der Waals surface area (Å²) < 4.78 is 24.3. The van der Waals surface area contributed by atoms with E-state index in [0.29, 0.717) is 6.83 Å². The number of sulfone groups is 1. The quantitative estimate of drug-likeness (QED) is 0.492. The SMILES string of the molecule is Cc1ccc(S(=O)(=O)CCCC(I)I)cc1. The zero-order valence-corrected chi connectivity index (χ0v) is 14.1. The fraction of sp³-hybridized carbons (Fsp3) is 0.455. The molecule has 0 unspecified atom stereocenters. The summed E-state index contributed by atoms with van der Waals surface area (Å²) in [5, 5.41) is 0. The van der Waals surface area contributed by atoms with Crippen LogP contribution in [0.15, 0.2) is 29.2 Å². The fourth-order valence-electron chi connectivity index (χ4n) is 1.29. The van der Waals surface area contributed by atoms with Gasteiger partial charge >= 0.3 is 0 Å². The van der Waals surface area contributed by atoms with Crippen LogP contribution in [0.1, 0.15) is 18.4 Å². The molecule has 0 fully saturated rings. The first-order chi connectivity index (χ1) is 7.42. The Kier molecular flexibility index (Phi) is 6.00. The minimum atomic E-state index is -3.08. The van der Waals surface area contributed by atoms with Gasteiger partial charge in [0.05, 0.1) is 12.6 Å². The van der Waals surface area contributed by atoms with Gasteiger partial charge in [0.2, 0.25) is 0 Å². The average molecular weight is 464 g/mol. The maximum absolute atomic E-state index is 11.9. The molecule has 1 rings (SSSR count). The maximum Gasteiger partial charge on any atom is 0.178 e. The molecule has 90 valence electrons. The second kappa shape index (κ2) is 6.53. The molecular formula is C11H14I2O2S. The molecule has 0 saturated heterocycles. The number of hydrogen-bond acceptors (Lipinski definition) is 2. The number of benzene rings is 1.